The number of aryl methyl sites for hydroxylation is 2. The fourth-order valence-corrected chi connectivity index (χ4v) is 4.56. The Bertz CT molecular complexity index is 1480. The zero-order valence-electron chi connectivity index (χ0n) is 20.5. The molecular formula is C28H31N3O4. The van der Waals surface area contributed by atoms with Gasteiger partial charge >= 0.3 is 5.69 Å². The monoisotopic (exact) mass is 473 g/mol. The number of rotatable bonds is 7. The van der Waals surface area contributed by atoms with Gasteiger partial charge in [-0.3, -0.25) is 13.9 Å². The number of hydrogen-bond donors (Lipinski definition) is 2. The number of aliphatic hydroxyl groups excluding tert-OH is 2. The van der Waals surface area contributed by atoms with Gasteiger partial charge in [0.2, 0.25) is 0 Å². The largest absolute Gasteiger partial charge is 0.396 e. The van der Waals surface area contributed by atoms with Gasteiger partial charge in [-0.15, -0.1) is 0 Å². The van der Waals surface area contributed by atoms with Gasteiger partial charge in [0.25, 0.3) is 5.56 Å². The first-order valence-corrected chi connectivity index (χ1v) is 11.8. The van der Waals surface area contributed by atoms with Crippen LogP contribution in [0.3, 0.4) is 0 Å². The van der Waals surface area contributed by atoms with E-state index in [0.717, 1.165) is 21.3 Å². The van der Waals surface area contributed by atoms with Crippen molar-refractivity contribution in [1.29, 1.82) is 0 Å². The molecule has 4 rings (SSSR count). The summed E-state index contributed by atoms with van der Waals surface area (Å²) in [5.74, 6) is 0.201. The normalized spacial score (nSPS) is 12.4. The van der Waals surface area contributed by atoms with E-state index in [4.69, 9.17) is 0 Å². The second kappa shape index (κ2) is 9.98. The SMILES string of the molecule is Cc1ccc(C(O)c2c(-c3ccccc3C(C)C)cnc3c2c(=O)n(CCCO)c(=O)n3C)cc1. The first kappa shape index (κ1) is 24.6. The van der Waals surface area contributed by atoms with E-state index in [1.165, 1.54) is 4.57 Å². The van der Waals surface area contributed by atoms with Crippen LogP contribution in [0.1, 0.15) is 54.5 Å². The highest BCUT2D eigenvalue weighted by molar-refractivity contribution is 5.88. The van der Waals surface area contributed by atoms with E-state index in [9.17, 15) is 19.8 Å². The van der Waals surface area contributed by atoms with Crippen LogP contribution >= 0.6 is 0 Å². The van der Waals surface area contributed by atoms with Gasteiger partial charge in [-0.1, -0.05) is 67.9 Å². The summed E-state index contributed by atoms with van der Waals surface area (Å²) in [6.07, 6.45) is 0.792. The van der Waals surface area contributed by atoms with Crippen LogP contribution < -0.4 is 11.2 Å². The first-order valence-electron chi connectivity index (χ1n) is 11.8. The van der Waals surface area contributed by atoms with Crippen molar-refractivity contribution in [2.45, 2.75) is 45.8 Å². The molecule has 2 aromatic carbocycles. The Morgan fingerprint density at radius 2 is 1.69 bits per heavy atom. The van der Waals surface area contributed by atoms with Gasteiger partial charge in [-0.25, -0.2) is 9.78 Å². The van der Waals surface area contributed by atoms with Crippen molar-refractivity contribution >= 4 is 11.0 Å². The summed E-state index contributed by atoms with van der Waals surface area (Å²) >= 11 is 0. The van der Waals surface area contributed by atoms with Crippen LogP contribution in [0.4, 0.5) is 0 Å². The van der Waals surface area contributed by atoms with E-state index in [0.29, 0.717) is 16.7 Å². The van der Waals surface area contributed by atoms with Crippen LogP contribution in [0.25, 0.3) is 22.2 Å². The highest BCUT2D eigenvalue weighted by Gasteiger charge is 2.26. The topological polar surface area (TPSA) is 97.4 Å². The fraction of sp³-hybridized carbons (Fsp3) is 0.321. The molecule has 2 aromatic heterocycles. The lowest BCUT2D eigenvalue weighted by atomic mass is 9.87. The Morgan fingerprint density at radius 1 is 1.00 bits per heavy atom. The van der Waals surface area contributed by atoms with Crippen LogP contribution in [0.15, 0.2) is 64.3 Å². The molecule has 0 amide bonds. The zero-order valence-corrected chi connectivity index (χ0v) is 20.5. The van der Waals surface area contributed by atoms with Crippen molar-refractivity contribution in [3.05, 3.63) is 97.8 Å². The lowest BCUT2D eigenvalue weighted by Gasteiger charge is -2.22. The number of fused-ring (bicyclic) bond motifs is 1. The second-order valence-corrected chi connectivity index (χ2v) is 9.21. The average Bonchev–Trinajstić information content (AvgIpc) is 2.86. The second-order valence-electron chi connectivity index (χ2n) is 9.21. The average molecular weight is 474 g/mol. The minimum Gasteiger partial charge on any atom is -0.396 e. The van der Waals surface area contributed by atoms with Gasteiger partial charge in [0, 0.05) is 37.5 Å². The minimum absolute atomic E-state index is 0.0742. The third-order valence-electron chi connectivity index (χ3n) is 6.47. The maximum absolute atomic E-state index is 13.7. The minimum atomic E-state index is -1.12. The molecule has 0 spiro atoms. The molecule has 35 heavy (non-hydrogen) atoms. The third-order valence-corrected chi connectivity index (χ3v) is 6.47. The Morgan fingerprint density at radius 3 is 2.34 bits per heavy atom. The number of nitrogens with zero attached hydrogens (tertiary/aromatic N) is 3. The molecule has 1 unspecified atom stereocenters. The number of benzene rings is 2. The maximum atomic E-state index is 13.7. The summed E-state index contributed by atoms with van der Waals surface area (Å²) in [5, 5.41) is 21.2. The molecule has 1 atom stereocenters. The predicted molar refractivity (Wildman–Crippen MR) is 138 cm³/mol. The molecule has 7 nitrogen and oxygen atoms in total. The van der Waals surface area contributed by atoms with Gasteiger partial charge < -0.3 is 10.2 Å². The Kier molecular flexibility index (Phi) is 7.00. The van der Waals surface area contributed by atoms with Crippen LogP contribution in [-0.4, -0.2) is 30.9 Å². The predicted octanol–water partition coefficient (Wildman–Crippen LogP) is 3.66. The molecule has 7 heteroatoms. The van der Waals surface area contributed by atoms with Gasteiger partial charge in [0.1, 0.15) is 11.8 Å². The summed E-state index contributed by atoms with van der Waals surface area (Å²) < 4.78 is 2.45. The van der Waals surface area contributed by atoms with Gasteiger partial charge in [0.15, 0.2) is 0 Å². The summed E-state index contributed by atoms with van der Waals surface area (Å²) in [4.78, 5) is 31.2. The highest BCUT2D eigenvalue weighted by atomic mass is 16.3. The summed E-state index contributed by atoms with van der Waals surface area (Å²) in [5.41, 5.74) is 3.91. The molecule has 2 heterocycles. The molecule has 0 fully saturated rings. The molecule has 0 radical (unpaired) electrons. The van der Waals surface area contributed by atoms with Crippen molar-refractivity contribution in [3.8, 4) is 11.1 Å². The van der Waals surface area contributed by atoms with Gasteiger partial charge in [-0.05, 0) is 36.0 Å². The van der Waals surface area contributed by atoms with Crippen molar-refractivity contribution < 1.29 is 10.2 Å². The molecule has 0 aliphatic rings. The fourth-order valence-electron chi connectivity index (χ4n) is 4.56. The van der Waals surface area contributed by atoms with Gasteiger partial charge in [-0.2, -0.15) is 0 Å². The van der Waals surface area contributed by atoms with Crippen LogP contribution in [0.2, 0.25) is 0 Å². The standard InChI is InChI=1S/C28H31N3O4/c1-17(2)20-8-5-6-9-21(20)22-16-29-26-24(23(22)25(33)19-12-10-18(3)11-13-19)27(34)31(14-7-15-32)28(35)30(26)4/h5-6,8-13,16-17,25,32-33H,7,14-15H2,1-4H3. The Labute approximate surface area is 204 Å². The Hall–Kier alpha value is -3.55. The molecule has 0 bridgehead atoms. The molecule has 0 aliphatic heterocycles. The molecule has 4 aromatic rings. The molecule has 0 saturated carbocycles. The Balaban J connectivity index is 2.15. The van der Waals surface area contributed by atoms with Crippen molar-refractivity contribution in [2.75, 3.05) is 6.61 Å². The maximum Gasteiger partial charge on any atom is 0.332 e. The number of hydrogen-bond acceptors (Lipinski definition) is 5. The van der Waals surface area contributed by atoms with E-state index in [-0.39, 0.29) is 36.5 Å². The molecule has 2 N–H and O–H groups in total. The van der Waals surface area contributed by atoms with Crippen LogP contribution in [0, 0.1) is 6.92 Å². The molecule has 0 saturated heterocycles. The number of aliphatic hydroxyl groups is 2. The van der Waals surface area contributed by atoms with Gasteiger partial charge in [0.05, 0.1) is 5.39 Å². The molecular weight excluding hydrogens is 442 g/mol. The van der Waals surface area contributed by atoms with Crippen LogP contribution in [0.5, 0.6) is 0 Å². The van der Waals surface area contributed by atoms with Crippen LogP contribution in [-0.2, 0) is 13.6 Å². The lowest BCUT2D eigenvalue weighted by molar-refractivity contribution is 0.222. The highest BCUT2D eigenvalue weighted by Crippen LogP contribution is 2.38. The smallest absolute Gasteiger partial charge is 0.332 e. The van der Waals surface area contributed by atoms with Crippen molar-refractivity contribution in [2.24, 2.45) is 7.05 Å². The van der Waals surface area contributed by atoms with E-state index >= 15 is 0 Å². The van der Waals surface area contributed by atoms with Crippen molar-refractivity contribution in [3.63, 3.8) is 0 Å². The lowest BCUT2D eigenvalue weighted by Crippen LogP contribution is -2.40. The zero-order chi connectivity index (χ0) is 25.3. The summed E-state index contributed by atoms with van der Waals surface area (Å²) in [6.45, 7) is 6.08. The molecule has 182 valence electrons. The van der Waals surface area contributed by atoms with Crippen molar-refractivity contribution in [1.82, 2.24) is 14.1 Å². The van der Waals surface area contributed by atoms with E-state index in [1.54, 1.807) is 13.2 Å². The van der Waals surface area contributed by atoms with E-state index in [1.807, 2.05) is 55.5 Å². The first-order chi connectivity index (χ1) is 16.8. The molecule has 0 aliphatic carbocycles. The third kappa shape index (κ3) is 4.45. The number of aromatic nitrogens is 3. The number of pyridine rings is 1. The quantitative estimate of drug-likeness (QED) is 0.427. The summed E-state index contributed by atoms with van der Waals surface area (Å²) in [7, 11) is 1.57. The van der Waals surface area contributed by atoms with E-state index in [2.05, 4.69) is 18.8 Å². The summed E-state index contributed by atoms with van der Waals surface area (Å²) in [6, 6.07) is 15.4. The van der Waals surface area contributed by atoms with E-state index < -0.39 is 17.4 Å².